The van der Waals surface area contributed by atoms with Gasteiger partial charge in [-0.05, 0) is 19.3 Å². The van der Waals surface area contributed by atoms with Crippen molar-refractivity contribution in [1.29, 1.82) is 0 Å². The summed E-state index contributed by atoms with van der Waals surface area (Å²) in [4.78, 5) is 18.8. The first-order valence-corrected chi connectivity index (χ1v) is 8.77. The number of aromatic nitrogens is 3. The maximum Gasteiger partial charge on any atom is 0.317 e. The minimum atomic E-state index is -0.0106. The van der Waals surface area contributed by atoms with E-state index in [0.29, 0.717) is 25.5 Å². The molecule has 7 heteroatoms. The highest BCUT2D eigenvalue weighted by atomic mass is 16.5. The SMILES string of the molecule is COCCCNC(=O)N1CCCC(c2nc(-c3ccccc3)n[nH]2)C1. The van der Waals surface area contributed by atoms with Gasteiger partial charge in [0, 0.05) is 44.8 Å². The van der Waals surface area contributed by atoms with Crippen LogP contribution in [0.3, 0.4) is 0 Å². The largest absolute Gasteiger partial charge is 0.385 e. The molecule has 0 spiro atoms. The van der Waals surface area contributed by atoms with Crippen LogP contribution < -0.4 is 5.32 Å². The number of hydrogen-bond acceptors (Lipinski definition) is 4. The Morgan fingerprint density at radius 3 is 3.04 bits per heavy atom. The lowest BCUT2D eigenvalue weighted by Gasteiger charge is -2.31. The lowest BCUT2D eigenvalue weighted by atomic mass is 9.97. The Hall–Kier alpha value is -2.41. The Morgan fingerprint density at radius 2 is 2.24 bits per heavy atom. The molecule has 1 aromatic heterocycles. The molecule has 134 valence electrons. The Labute approximate surface area is 147 Å². The van der Waals surface area contributed by atoms with Crippen LogP contribution in [0.2, 0.25) is 0 Å². The predicted octanol–water partition coefficient (Wildman–Crippen LogP) is 2.40. The average Bonchev–Trinajstić information content (AvgIpc) is 3.16. The normalized spacial score (nSPS) is 17.5. The van der Waals surface area contributed by atoms with Gasteiger partial charge in [0.15, 0.2) is 5.82 Å². The lowest BCUT2D eigenvalue weighted by molar-refractivity contribution is 0.173. The fraction of sp³-hybridized carbons (Fsp3) is 0.500. The van der Waals surface area contributed by atoms with Gasteiger partial charge in [0.25, 0.3) is 0 Å². The number of rotatable bonds is 6. The number of likely N-dealkylation sites (tertiary alicyclic amines) is 1. The number of hydrogen-bond donors (Lipinski definition) is 2. The van der Waals surface area contributed by atoms with Crippen molar-refractivity contribution in [3.05, 3.63) is 36.2 Å². The van der Waals surface area contributed by atoms with Gasteiger partial charge in [0.1, 0.15) is 5.82 Å². The second kappa shape index (κ2) is 8.62. The highest BCUT2D eigenvalue weighted by Crippen LogP contribution is 2.26. The van der Waals surface area contributed by atoms with E-state index >= 15 is 0 Å². The number of methoxy groups -OCH3 is 1. The zero-order chi connectivity index (χ0) is 17.5. The number of aromatic amines is 1. The van der Waals surface area contributed by atoms with E-state index in [1.807, 2.05) is 35.2 Å². The van der Waals surface area contributed by atoms with Crippen LogP contribution >= 0.6 is 0 Å². The van der Waals surface area contributed by atoms with Crippen LogP contribution in [0.5, 0.6) is 0 Å². The lowest BCUT2D eigenvalue weighted by Crippen LogP contribution is -2.45. The molecule has 3 rings (SSSR count). The Morgan fingerprint density at radius 1 is 1.40 bits per heavy atom. The van der Waals surface area contributed by atoms with Gasteiger partial charge in [-0.15, -0.1) is 0 Å². The topological polar surface area (TPSA) is 83.1 Å². The van der Waals surface area contributed by atoms with Gasteiger partial charge in [-0.3, -0.25) is 5.10 Å². The van der Waals surface area contributed by atoms with Crippen LogP contribution in [0, 0.1) is 0 Å². The number of ether oxygens (including phenoxy) is 1. The fourth-order valence-corrected chi connectivity index (χ4v) is 3.08. The monoisotopic (exact) mass is 343 g/mol. The number of carbonyl (C=O) groups excluding carboxylic acids is 1. The molecule has 1 aliphatic heterocycles. The molecule has 0 bridgehead atoms. The van der Waals surface area contributed by atoms with Crippen LogP contribution in [0.25, 0.3) is 11.4 Å². The van der Waals surface area contributed by atoms with Crippen LogP contribution in [0.15, 0.2) is 30.3 Å². The minimum Gasteiger partial charge on any atom is -0.385 e. The van der Waals surface area contributed by atoms with E-state index in [1.165, 1.54) is 0 Å². The maximum atomic E-state index is 12.3. The van der Waals surface area contributed by atoms with Crippen LogP contribution in [-0.2, 0) is 4.74 Å². The summed E-state index contributed by atoms with van der Waals surface area (Å²) in [6, 6.07) is 9.90. The van der Waals surface area contributed by atoms with Gasteiger partial charge in [-0.2, -0.15) is 5.10 Å². The summed E-state index contributed by atoms with van der Waals surface area (Å²) < 4.78 is 5.00. The molecule has 2 aromatic rings. The van der Waals surface area contributed by atoms with Crippen LogP contribution in [0.4, 0.5) is 4.79 Å². The third-order valence-electron chi connectivity index (χ3n) is 4.43. The summed E-state index contributed by atoms with van der Waals surface area (Å²) >= 11 is 0. The van der Waals surface area contributed by atoms with Crippen LogP contribution in [0.1, 0.15) is 31.0 Å². The van der Waals surface area contributed by atoms with Crippen molar-refractivity contribution >= 4 is 6.03 Å². The number of H-pyrrole nitrogens is 1. The van der Waals surface area contributed by atoms with E-state index in [-0.39, 0.29) is 11.9 Å². The standard InChI is InChI=1S/C18H25N5O2/c1-25-12-6-10-19-18(24)23-11-5-9-15(13-23)17-20-16(21-22-17)14-7-3-2-4-8-14/h2-4,7-8,15H,5-6,9-13H2,1H3,(H,19,24)(H,20,21,22). The Bertz CT molecular complexity index is 673. The first-order valence-electron chi connectivity index (χ1n) is 8.77. The summed E-state index contributed by atoms with van der Waals surface area (Å²) in [6.07, 6.45) is 2.80. The molecular formula is C18H25N5O2. The van der Waals surface area contributed by atoms with Crippen molar-refractivity contribution < 1.29 is 9.53 Å². The van der Waals surface area contributed by atoms with Gasteiger partial charge in [-0.25, -0.2) is 9.78 Å². The fourth-order valence-electron chi connectivity index (χ4n) is 3.08. The molecule has 2 N–H and O–H groups in total. The number of amides is 2. The third-order valence-corrected chi connectivity index (χ3v) is 4.43. The molecule has 1 aromatic carbocycles. The van der Waals surface area contributed by atoms with Gasteiger partial charge in [0.2, 0.25) is 0 Å². The van der Waals surface area contributed by atoms with E-state index in [4.69, 9.17) is 4.74 Å². The van der Waals surface area contributed by atoms with Crippen molar-refractivity contribution in [2.24, 2.45) is 0 Å². The molecule has 7 nitrogen and oxygen atoms in total. The Balaban J connectivity index is 1.58. The summed E-state index contributed by atoms with van der Waals surface area (Å²) in [5, 5.41) is 10.3. The van der Waals surface area contributed by atoms with E-state index in [9.17, 15) is 4.79 Å². The number of nitrogens with zero attached hydrogens (tertiary/aromatic N) is 3. The number of benzene rings is 1. The van der Waals surface area contributed by atoms with Gasteiger partial charge in [0.05, 0.1) is 0 Å². The third kappa shape index (κ3) is 4.57. The molecule has 1 fully saturated rings. The van der Waals surface area contributed by atoms with E-state index < -0.39 is 0 Å². The maximum absolute atomic E-state index is 12.3. The highest BCUT2D eigenvalue weighted by molar-refractivity contribution is 5.74. The first-order chi connectivity index (χ1) is 12.3. The molecule has 2 amide bonds. The second-order valence-corrected chi connectivity index (χ2v) is 6.27. The predicted molar refractivity (Wildman–Crippen MR) is 95.3 cm³/mol. The molecule has 2 heterocycles. The molecule has 1 unspecified atom stereocenters. The second-order valence-electron chi connectivity index (χ2n) is 6.27. The smallest absolute Gasteiger partial charge is 0.317 e. The van der Waals surface area contributed by atoms with Gasteiger partial charge in [-0.1, -0.05) is 30.3 Å². The van der Waals surface area contributed by atoms with Gasteiger partial charge < -0.3 is 15.0 Å². The van der Waals surface area contributed by atoms with Gasteiger partial charge >= 0.3 is 6.03 Å². The molecule has 25 heavy (non-hydrogen) atoms. The van der Waals surface area contributed by atoms with Crippen molar-refractivity contribution in [2.45, 2.75) is 25.2 Å². The number of urea groups is 1. The summed E-state index contributed by atoms with van der Waals surface area (Å²) in [6.45, 7) is 2.74. The summed E-state index contributed by atoms with van der Waals surface area (Å²) in [5.74, 6) is 1.76. The molecule has 0 radical (unpaired) electrons. The average molecular weight is 343 g/mol. The first kappa shape index (κ1) is 17.4. The quantitative estimate of drug-likeness (QED) is 0.789. The van der Waals surface area contributed by atoms with Crippen LogP contribution in [-0.4, -0.2) is 59.5 Å². The summed E-state index contributed by atoms with van der Waals surface area (Å²) in [5.41, 5.74) is 0.994. The molecule has 0 aliphatic carbocycles. The minimum absolute atomic E-state index is 0.0106. The van der Waals surface area contributed by atoms with E-state index in [1.54, 1.807) is 7.11 Å². The number of carbonyl (C=O) groups is 1. The molecule has 1 atom stereocenters. The summed E-state index contributed by atoms with van der Waals surface area (Å²) in [7, 11) is 1.66. The van der Waals surface area contributed by atoms with Crippen molar-refractivity contribution in [2.75, 3.05) is 33.4 Å². The van der Waals surface area contributed by atoms with Crippen molar-refractivity contribution in [3.63, 3.8) is 0 Å². The molecule has 1 saturated heterocycles. The zero-order valence-corrected chi connectivity index (χ0v) is 14.6. The highest BCUT2D eigenvalue weighted by Gasteiger charge is 2.27. The number of piperidine rings is 1. The molecular weight excluding hydrogens is 318 g/mol. The van der Waals surface area contributed by atoms with E-state index in [0.717, 1.165) is 37.2 Å². The Kier molecular flexibility index (Phi) is 6.00. The van der Waals surface area contributed by atoms with Crippen molar-refractivity contribution in [3.8, 4) is 11.4 Å². The molecule has 0 saturated carbocycles. The zero-order valence-electron chi connectivity index (χ0n) is 14.6. The number of nitrogens with one attached hydrogen (secondary N) is 2. The van der Waals surface area contributed by atoms with Crippen molar-refractivity contribution in [1.82, 2.24) is 25.4 Å². The van der Waals surface area contributed by atoms with E-state index in [2.05, 4.69) is 20.5 Å². The molecule has 1 aliphatic rings.